The number of para-hydroxylation sites is 1. The Morgan fingerprint density at radius 2 is 1.92 bits per heavy atom. The number of nitrogens with zero attached hydrogens (tertiary/aromatic N) is 2. The lowest BCUT2D eigenvalue weighted by atomic mass is 10.1. The molecule has 0 saturated heterocycles. The van der Waals surface area contributed by atoms with E-state index in [1.165, 1.54) is 9.58 Å². The number of phenolic OH excluding ortho intramolecular Hbond substituents is 1. The van der Waals surface area contributed by atoms with E-state index in [1.807, 2.05) is 24.3 Å². The van der Waals surface area contributed by atoms with Crippen LogP contribution in [0.4, 0.5) is 0 Å². The molecule has 0 aliphatic heterocycles. The summed E-state index contributed by atoms with van der Waals surface area (Å²) in [6, 6.07) is 18.1. The molecular formula is C20H18N2OS2. The fraction of sp³-hybridized carbons (Fsp3) is 0.150. The third-order valence-electron chi connectivity index (χ3n) is 4.07. The molecule has 0 unspecified atom stereocenters. The van der Waals surface area contributed by atoms with Crippen LogP contribution < -0.4 is 0 Å². The molecule has 1 N–H and O–H groups in total. The molecule has 2 aromatic carbocycles. The third-order valence-corrected chi connectivity index (χ3v) is 6.01. The van der Waals surface area contributed by atoms with Gasteiger partial charge in [0.05, 0.1) is 10.2 Å². The zero-order chi connectivity index (χ0) is 17.2. The minimum Gasteiger partial charge on any atom is -0.508 e. The lowest BCUT2D eigenvalue weighted by molar-refractivity contribution is 0.315. The van der Waals surface area contributed by atoms with E-state index in [0.717, 1.165) is 28.2 Å². The summed E-state index contributed by atoms with van der Waals surface area (Å²) in [6.45, 7) is 1.57. The molecule has 4 aromatic rings. The van der Waals surface area contributed by atoms with Crippen LogP contribution in [0, 0.1) is 0 Å². The van der Waals surface area contributed by atoms with E-state index in [2.05, 4.69) is 41.6 Å². The second-order valence-corrected chi connectivity index (χ2v) is 8.14. The Hall–Kier alpha value is -2.21. The van der Waals surface area contributed by atoms with Crippen molar-refractivity contribution in [3.63, 3.8) is 0 Å². The molecule has 0 aliphatic rings. The third kappa shape index (κ3) is 3.58. The summed E-state index contributed by atoms with van der Waals surface area (Å²) >= 11 is 3.44. The van der Waals surface area contributed by atoms with Crippen molar-refractivity contribution in [3.8, 4) is 16.3 Å². The van der Waals surface area contributed by atoms with Crippen molar-refractivity contribution >= 4 is 32.9 Å². The first-order chi connectivity index (χ1) is 12.2. The highest BCUT2D eigenvalue weighted by Crippen LogP contribution is 2.32. The van der Waals surface area contributed by atoms with Crippen LogP contribution in [0.2, 0.25) is 0 Å². The van der Waals surface area contributed by atoms with Crippen molar-refractivity contribution in [3.05, 3.63) is 70.4 Å². The van der Waals surface area contributed by atoms with E-state index in [4.69, 9.17) is 4.98 Å². The first-order valence-corrected chi connectivity index (χ1v) is 9.77. The first-order valence-electron chi connectivity index (χ1n) is 8.08. The second-order valence-electron chi connectivity index (χ2n) is 6.08. The summed E-state index contributed by atoms with van der Waals surface area (Å²) in [5.41, 5.74) is 3.00. The number of aromatic nitrogens is 1. The van der Waals surface area contributed by atoms with Gasteiger partial charge in [-0.1, -0.05) is 18.2 Å². The predicted molar refractivity (Wildman–Crippen MR) is 106 cm³/mol. The van der Waals surface area contributed by atoms with E-state index < -0.39 is 0 Å². The van der Waals surface area contributed by atoms with Gasteiger partial charge >= 0.3 is 0 Å². The quantitative estimate of drug-likeness (QED) is 0.516. The van der Waals surface area contributed by atoms with Crippen LogP contribution in [0.3, 0.4) is 0 Å². The predicted octanol–water partition coefficient (Wildman–Crippen LogP) is 5.36. The molecule has 0 radical (unpaired) electrons. The molecule has 25 heavy (non-hydrogen) atoms. The standard InChI is InChI=1S/C20H18N2OS2/c1-22(13-16-5-4-10-24-16)12-15-11-14(8-9-18(15)23)20-21-17-6-2-3-7-19(17)25-20/h2-11,23H,12-13H2,1H3. The van der Waals surface area contributed by atoms with Crippen LogP contribution in [0.25, 0.3) is 20.8 Å². The molecule has 3 nitrogen and oxygen atoms in total. The normalized spacial score (nSPS) is 11.4. The summed E-state index contributed by atoms with van der Waals surface area (Å²) in [4.78, 5) is 8.25. The summed E-state index contributed by atoms with van der Waals surface area (Å²) < 4.78 is 1.18. The molecule has 0 atom stereocenters. The topological polar surface area (TPSA) is 36.4 Å². The number of benzene rings is 2. The van der Waals surface area contributed by atoms with Gasteiger partial charge < -0.3 is 5.11 Å². The Kier molecular flexibility index (Phi) is 4.53. The zero-order valence-corrected chi connectivity index (χ0v) is 15.5. The zero-order valence-electron chi connectivity index (χ0n) is 13.8. The molecule has 0 amide bonds. The molecule has 5 heteroatoms. The van der Waals surface area contributed by atoms with Gasteiger partial charge in [0.2, 0.25) is 0 Å². The van der Waals surface area contributed by atoms with Crippen molar-refractivity contribution in [2.45, 2.75) is 13.1 Å². The average Bonchev–Trinajstić information content (AvgIpc) is 3.25. The largest absolute Gasteiger partial charge is 0.508 e. The van der Waals surface area contributed by atoms with Crippen molar-refractivity contribution in [1.82, 2.24) is 9.88 Å². The number of hydrogen-bond acceptors (Lipinski definition) is 5. The first kappa shape index (κ1) is 16.3. The summed E-state index contributed by atoms with van der Waals surface area (Å²) in [7, 11) is 2.07. The van der Waals surface area contributed by atoms with Gasteiger partial charge in [-0.25, -0.2) is 4.98 Å². The number of aromatic hydroxyl groups is 1. The van der Waals surface area contributed by atoms with Crippen LogP contribution in [-0.4, -0.2) is 22.0 Å². The van der Waals surface area contributed by atoms with E-state index in [1.54, 1.807) is 28.7 Å². The Morgan fingerprint density at radius 1 is 1.04 bits per heavy atom. The molecular weight excluding hydrogens is 348 g/mol. The fourth-order valence-corrected chi connectivity index (χ4v) is 4.60. The number of fused-ring (bicyclic) bond motifs is 1. The summed E-state index contributed by atoms with van der Waals surface area (Å²) in [5.74, 6) is 0.336. The van der Waals surface area contributed by atoms with Crippen LogP contribution >= 0.6 is 22.7 Å². The van der Waals surface area contributed by atoms with Gasteiger partial charge in [-0.3, -0.25) is 4.90 Å². The van der Waals surface area contributed by atoms with E-state index in [0.29, 0.717) is 12.3 Å². The van der Waals surface area contributed by atoms with Gasteiger partial charge in [-0.2, -0.15) is 0 Å². The Bertz CT molecular complexity index is 959. The Balaban J connectivity index is 1.59. The molecule has 126 valence electrons. The molecule has 0 spiro atoms. The van der Waals surface area contributed by atoms with Gasteiger partial charge in [-0.15, -0.1) is 22.7 Å². The minimum absolute atomic E-state index is 0.336. The van der Waals surface area contributed by atoms with E-state index in [9.17, 15) is 5.11 Å². The molecule has 2 heterocycles. The Labute approximate surface area is 154 Å². The monoisotopic (exact) mass is 366 g/mol. The molecule has 0 bridgehead atoms. The van der Waals surface area contributed by atoms with E-state index in [-0.39, 0.29) is 0 Å². The SMILES string of the molecule is CN(Cc1cccs1)Cc1cc(-c2nc3ccccc3s2)ccc1O. The maximum Gasteiger partial charge on any atom is 0.124 e. The highest BCUT2D eigenvalue weighted by Gasteiger charge is 2.11. The number of thiophene rings is 1. The average molecular weight is 367 g/mol. The second kappa shape index (κ2) is 6.96. The van der Waals surface area contributed by atoms with Crippen LogP contribution in [-0.2, 0) is 13.1 Å². The van der Waals surface area contributed by atoms with Crippen LogP contribution in [0.15, 0.2) is 60.0 Å². The number of phenols is 1. The van der Waals surface area contributed by atoms with Gasteiger partial charge in [0, 0.05) is 29.1 Å². The molecule has 0 fully saturated rings. The van der Waals surface area contributed by atoms with Crippen molar-refractivity contribution < 1.29 is 5.11 Å². The maximum atomic E-state index is 10.3. The summed E-state index contributed by atoms with van der Waals surface area (Å²) in [6.07, 6.45) is 0. The van der Waals surface area contributed by atoms with Gasteiger partial charge in [-0.05, 0) is 48.8 Å². The smallest absolute Gasteiger partial charge is 0.124 e. The van der Waals surface area contributed by atoms with Crippen molar-refractivity contribution in [2.75, 3.05) is 7.05 Å². The molecule has 2 aromatic heterocycles. The highest BCUT2D eigenvalue weighted by molar-refractivity contribution is 7.21. The Morgan fingerprint density at radius 3 is 2.72 bits per heavy atom. The fourth-order valence-electron chi connectivity index (χ4n) is 2.86. The minimum atomic E-state index is 0.336. The van der Waals surface area contributed by atoms with Crippen molar-refractivity contribution in [2.24, 2.45) is 0 Å². The number of thiazole rings is 1. The number of hydrogen-bond donors (Lipinski definition) is 1. The van der Waals surface area contributed by atoms with Crippen LogP contribution in [0.5, 0.6) is 5.75 Å². The number of rotatable bonds is 5. The maximum absolute atomic E-state index is 10.3. The van der Waals surface area contributed by atoms with Crippen LogP contribution in [0.1, 0.15) is 10.4 Å². The van der Waals surface area contributed by atoms with E-state index >= 15 is 0 Å². The molecule has 4 rings (SSSR count). The lowest BCUT2D eigenvalue weighted by Crippen LogP contribution is -2.16. The van der Waals surface area contributed by atoms with Crippen molar-refractivity contribution in [1.29, 1.82) is 0 Å². The summed E-state index contributed by atoms with van der Waals surface area (Å²) in [5, 5.41) is 13.3. The van der Waals surface area contributed by atoms with Gasteiger partial charge in [0.1, 0.15) is 10.8 Å². The highest BCUT2D eigenvalue weighted by atomic mass is 32.1. The lowest BCUT2D eigenvalue weighted by Gasteiger charge is -2.17. The van der Waals surface area contributed by atoms with Gasteiger partial charge in [0.25, 0.3) is 0 Å². The molecule has 0 saturated carbocycles. The molecule has 0 aliphatic carbocycles. The van der Waals surface area contributed by atoms with Gasteiger partial charge in [0.15, 0.2) is 0 Å².